The van der Waals surface area contributed by atoms with E-state index in [4.69, 9.17) is 10.4 Å². The first-order valence-electron chi connectivity index (χ1n) is 8.54. The Morgan fingerprint density at radius 3 is 2.76 bits per heavy atom. The van der Waals surface area contributed by atoms with Crippen LogP contribution in [0.5, 0.6) is 0 Å². The number of nitriles is 1. The number of anilines is 1. The summed E-state index contributed by atoms with van der Waals surface area (Å²) in [5.74, 6) is -0.0151. The van der Waals surface area contributed by atoms with Gasteiger partial charge in [-0.3, -0.25) is 0 Å². The van der Waals surface area contributed by atoms with Gasteiger partial charge in [-0.1, -0.05) is 12.1 Å². The molecule has 2 aromatic carbocycles. The number of imidazole rings is 1. The predicted octanol–water partition coefficient (Wildman–Crippen LogP) is 2.34. The molecule has 0 aliphatic rings. The summed E-state index contributed by atoms with van der Waals surface area (Å²) < 4.78 is 0. The van der Waals surface area contributed by atoms with Crippen molar-refractivity contribution in [1.82, 2.24) is 30.6 Å². The van der Waals surface area contributed by atoms with Crippen molar-refractivity contribution in [3.8, 4) is 6.07 Å². The standard InChI is InChI=1S/C19H14N8O2/c20-9-13(18-24-26-27-25-18)10-21-14-4-1-11(2-5-14)7-17-22-15-6-3-12(19(28)29)8-16(15)23-17/h1-6,8,10,21H,7H2,(H,22,23)(H,28,29)(H,24,25,26,27). The summed E-state index contributed by atoms with van der Waals surface area (Å²) in [5.41, 5.74) is 3.70. The number of benzene rings is 2. The van der Waals surface area contributed by atoms with Crippen LogP contribution in [0.3, 0.4) is 0 Å². The van der Waals surface area contributed by atoms with Crippen molar-refractivity contribution in [1.29, 1.82) is 5.26 Å². The molecule has 0 radical (unpaired) electrons. The van der Waals surface area contributed by atoms with E-state index in [2.05, 4.69) is 35.9 Å². The normalized spacial score (nSPS) is 11.3. The molecule has 0 saturated carbocycles. The molecule has 2 aromatic heterocycles. The highest BCUT2D eigenvalue weighted by molar-refractivity contribution is 5.92. The molecule has 29 heavy (non-hydrogen) atoms. The molecule has 10 heteroatoms. The van der Waals surface area contributed by atoms with Crippen LogP contribution in [0.1, 0.15) is 27.6 Å². The van der Waals surface area contributed by atoms with Crippen LogP contribution >= 0.6 is 0 Å². The summed E-state index contributed by atoms with van der Waals surface area (Å²) in [7, 11) is 0. The predicted molar refractivity (Wildman–Crippen MR) is 104 cm³/mol. The van der Waals surface area contributed by atoms with Crippen LogP contribution in [0.4, 0.5) is 5.69 Å². The maximum absolute atomic E-state index is 11.1. The van der Waals surface area contributed by atoms with E-state index in [0.717, 1.165) is 22.6 Å². The van der Waals surface area contributed by atoms with E-state index in [1.54, 1.807) is 12.1 Å². The third-order valence-corrected chi connectivity index (χ3v) is 4.19. The Bertz CT molecular complexity index is 1230. The number of nitrogens with one attached hydrogen (secondary N) is 3. The van der Waals surface area contributed by atoms with Gasteiger partial charge >= 0.3 is 5.97 Å². The number of fused-ring (bicyclic) bond motifs is 1. The Labute approximate surface area is 163 Å². The van der Waals surface area contributed by atoms with Gasteiger partial charge in [-0.05, 0) is 41.1 Å². The maximum atomic E-state index is 11.1. The minimum Gasteiger partial charge on any atom is -0.478 e. The molecule has 0 bridgehead atoms. The zero-order chi connectivity index (χ0) is 20.2. The fourth-order valence-electron chi connectivity index (χ4n) is 2.77. The quantitative estimate of drug-likeness (QED) is 0.368. The third kappa shape index (κ3) is 3.93. The van der Waals surface area contributed by atoms with E-state index >= 15 is 0 Å². The van der Waals surface area contributed by atoms with Crippen molar-refractivity contribution in [3.63, 3.8) is 0 Å². The van der Waals surface area contributed by atoms with Crippen molar-refractivity contribution in [2.75, 3.05) is 5.32 Å². The average Bonchev–Trinajstić information content (AvgIpc) is 3.38. The number of aromatic nitrogens is 6. The second-order valence-corrected chi connectivity index (χ2v) is 6.14. The highest BCUT2D eigenvalue weighted by Crippen LogP contribution is 2.18. The van der Waals surface area contributed by atoms with Crippen LogP contribution in [0.2, 0.25) is 0 Å². The number of H-pyrrole nitrogens is 2. The van der Waals surface area contributed by atoms with Gasteiger partial charge in [0.15, 0.2) is 0 Å². The van der Waals surface area contributed by atoms with Gasteiger partial charge in [-0.15, -0.1) is 10.2 Å². The molecule has 0 amide bonds. The van der Waals surface area contributed by atoms with Crippen LogP contribution in [-0.4, -0.2) is 41.7 Å². The van der Waals surface area contributed by atoms with Crippen molar-refractivity contribution in [3.05, 3.63) is 71.4 Å². The van der Waals surface area contributed by atoms with Gasteiger partial charge in [0, 0.05) is 18.3 Å². The highest BCUT2D eigenvalue weighted by Gasteiger charge is 2.09. The number of tetrazole rings is 1. The lowest BCUT2D eigenvalue weighted by molar-refractivity contribution is 0.0697. The molecular weight excluding hydrogens is 372 g/mol. The Balaban J connectivity index is 1.46. The number of carboxylic acids is 1. The molecule has 10 nitrogen and oxygen atoms in total. The maximum Gasteiger partial charge on any atom is 0.335 e. The molecule has 0 aliphatic carbocycles. The fraction of sp³-hybridized carbons (Fsp3) is 0.0526. The lowest BCUT2D eigenvalue weighted by Gasteiger charge is -2.03. The number of hydrogen-bond acceptors (Lipinski definition) is 7. The summed E-state index contributed by atoms with van der Waals surface area (Å²) in [4.78, 5) is 18.7. The van der Waals surface area contributed by atoms with Crippen LogP contribution in [-0.2, 0) is 6.42 Å². The Hall–Kier alpha value is -4.52. The smallest absolute Gasteiger partial charge is 0.335 e. The van der Waals surface area contributed by atoms with Crippen LogP contribution in [0.15, 0.2) is 48.7 Å². The topological polar surface area (TPSA) is 156 Å². The van der Waals surface area contributed by atoms with Gasteiger partial charge in [-0.2, -0.15) is 10.5 Å². The van der Waals surface area contributed by atoms with Crippen molar-refractivity contribution in [2.24, 2.45) is 0 Å². The summed E-state index contributed by atoms with van der Waals surface area (Å²) in [5, 5.41) is 34.6. The number of carbonyl (C=O) groups is 1. The lowest BCUT2D eigenvalue weighted by Crippen LogP contribution is -1.95. The molecule has 0 unspecified atom stereocenters. The summed E-state index contributed by atoms with van der Waals surface area (Å²) in [6.07, 6.45) is 2.08. The van der Waals surface area contributed by atoms with E-state index in [9.17, 15) is 4.79 Å². The first kappa shape index (κ1) is 17.9. The van der Waals surface area contributed by atoms with Crippen LogP contribution < -0.4 is 5.32 Å². The molecule has 4 rings (SSSR count). The van der Waals surface area contributed by atoms with Gasteiger partial charge in [0.1, 0.15) is 17.5 Å². The van der Waals surface area contributed by atoms with Gasteiger partial charge in [0.2, 0.25) is 5.82 Å². The van der Waals surface area contributed by atoms with Gasteiger partial charge < -0.3 is 15.4 Å². The molecule has 2 heterocycles. The zero-order valence-electron chi connectivity index (χ0n) is 14.9. The Kier molecular flexibility index (Phi) is 4.69. The monoisotopic (exact) mass is 386 g/mol. The molecule has 0 spiro atoms. The minimum absolute atomic E-state index is 0.215. The molecule has 0 fully saturated rings. The third-order valence-electron chi connectivity index (χ3n) is 4.19. The molecule has 0 aliphatic heterocycles. The number of hydrogen-bond donors (Lipinski definition) is 4. The highest BCUT2D eigenvalue weighted by atomic mass is 16.4. The number of carboxylic acid groups (broad SMARTS) is 1. The van der Waals surface area contributed by atoms with E-state index < -0.39 is 5.97 Å². The van der Waals surface area contributed by atoms with Crippen LogP contribution in [0.25, 0.3) is 16.6 Å². The van der Waals surface area contributed by atoms with E-state index in [0.29, 0.717) is 11.9 Å². The largest absolute Gasteiger partial charge is 0.478 e. The number of nitrogens with zero attached hydrogens (tertiary/aromatic N) is 5. The Morgan fingerprint density at radius 1 is 1.24 bits per heavy atom. The molecule has 142 valence electrons. The summed E-state index contributed by atoms with van der Waals surface area (Å²) in [6.45, 7) is 0. The van der Waals surface area contributed by atoms with E-state index in [1.807, 2.05) is 30.3 Å². The van der Waals surface area contributed by atoms with E-state index in [-0.39, 0.29) is 17.0 Å². The molecule has 0 saturated heterocycles. The zero-order valence-corrected chi connectivity index (χ0v) is 14.9. The second-order valence-electron chi connectivity index (χ2n) is 6.14. The lowest BCUT2D eigenvalue weighted by atomic mass is 10.1. The van der Waals surface area contributed by atoms with Crippen molar-refractivity contribution in [2.45, 2.75) is 6.42 Å². The van der Waals surface area contributed by atoms with Gasteiger partial charge in [-0.25, -0.2) is 9.78 Å². The fourth-order valence-corrected chi connectivity index (χ4v) is 2.77. The summed E-state index contributed by atoms with van der Waals surface area (Å²) >= 11 is 0. The first-order valence-corrected chi connectivity index (χ1v) is 8.54. The Morgan fingerprint density at radius 2 is 2.07 bits per heavy atom. The average molecular weight is 386 g/mol. The molecule has 4 N–H and O–H groups in total. The SMILES string of the molecule is N#CC(=CNc1ccc(Cc2nc3ccc(C(=O)O)cc3[nH]2)cc1)c1nn[nH]n1. The van der Waals surface area contributed by atoms with Crippen LogP contribution in [0, 0.1) is 11.3 Å². The molecule has 4 aromatic rings. The number of allylic oxidation sites excluding steroid dienone is 1. The summed E-state index contributed by atoms with van der Waals surface area (Å²) in [6, 6.07) is 14.4. The number of rotatable bonds is 6. The molecule has 0 atom stereocenters. The number of aromatic amines is 2. The van der Waals surface area contributed by atoms with Gasteiger partial charge in [0.25, 0.3) is 0 Å². The first-order chi connectivity index (χ1) is 14.1. The second kappa shape index (κ2) is 7.61. The van der Waals surface area contributed by atoms with E-state index in [1.165, 1.54) is 12.3 Å². The van der Waals surface area contributed by atoms with Crippen molar-refractivity contribution >= 4 is 28.3 Å². The van der Waals surface area contributed by atoms with Gasteiger partial charge in [0.05, 0.1) is 16.6 Å². The number of aromatic carboxylic acids is 1. The molecular formula is C19H14N8O2. The minimum atomic E-state index is -0.973. The van der Waals surface area contributed by atoms with Crippen molar-refractivity contribution < 1.29 is 9.90 Å².